The van der Waals surface area contributed by atoms with E-state index < -0.39 is 0 Å². The van der Waals surface area contributed by atoms with E-state index in [1.54, 1.807) is 12.1 Å². The second-order valence-corrected chi connectivity index (χ2v) is 6.40. The molecule has 22 heavy (non-hydrogen) atoms. The number of aryl methyl sites for hydroxylation is 1. The number of nitrogens with one attached hydrogen (secondary N) is 1. The Morgan fingerprint density at radius 3 is 2.82 bits per heavy atom. The third-order valence-electron chi connectivity index (χ3n) is 4.91. The van der Waals surface area contributed by atoms with E-state index in [-0.39, 0.29) is 11.4 Å². The molecule has 0 amide bonds. The van der Waals surface area contributed by atoms with Crippen LogP contribution in [0.2, 0.25) is 0 Å². The SMILES string of the molecule is CCc1cc2c(C[NH+]3CCCC[C@@H]3C)cc(=O)oc2cc1O. The summed E-state index contributed by atoms with van der Waals surface area (Å²) >= 11 is 0. The average Bonchev–Trinajstić information content (AvgIpc) is 2.48. The molecule has 0 saturated carbocycles. The predicted molar refractivity (Wildman–Crippen MR) is 86.4 cm³/mol. The van der Waals surface area contributed by atoms with Gasteiger partial charge in [0.2, 0.25) is 0 Å². The van der Waals surface area contributed by atoms with Gasteiger partial charge in [-0.25, -0.2) is 4.79 Å². The van der Waals surface area contributed by atoms with Crippen LogP contribution in [0, 0.1) is 0 Å². The first-order valence-electron chi connectivity index (χ1n) is 8.21. The van der Waals surface area contributed by atoms with Gasteiger partial charge in [-0.15, -0.1) is 0 Å². The van der Waals surface area contributed by atoms with E-state index >= 15 is 0 Å². The van der Waals surface area contributed by atoms with E-state index in [1.807, 2.05) is 13.0 Å². The zero-order valence-electron chi connectivity index (χ0n) is 13.3. The Morgan fingerprint density at radius 2 is 2.09 bits per heavy atom. The zero-order valence-corrected chi connectivity index (χ0v) is 13.3. The van der Waals surface area contributed by atoms with Gasteiger partial charge in [0, 0.05) is 23.1 Å². The van der Waals surface area contributed by atoms with E-state index in [1.165, 1.54) is 24.2 Å². The van der Waals surface area contributed by atoms with Crippen molar-refractivity contribution in [3.05, 3.63) is 39.7 Å². The number of phenolic OH excluding ortho intramolecular Hbond substituents is 1. The zero-order chi connectivity index (χ0) is 15.7. The van der Waals surface area contributed by atoms with Gasteiger partial charge in [-0.1, -0.05) is 6.92 Å². The molecule has 1 aliphatic rings. The third kappa shape index (κ3) is 2.88. The molecule has 2 heterocycles. The molecule has 2 atom stereocenters. The lowest BCUT2D eigenvalue weighted by Gasteiger charge is -2.30. The number of aromatic hydroxyl groups is 1. The summed E-state index contributed by atoms with van der Waals surface area (Å²) in [7, 11) is 0. The molecular weight excluding hydrogens is 278 g/mol. The minimum atomic E-state index is -0.338. The van der Waals surface area contributed by atoms with Gasteiger partial charge in [-0.05, 0) is 44.2 Å². The van der Waals surface area contributed by atoms with Crippen molar-refractivity contribution >= 4 is 11.0 Å². The van der Waals surface area contributed by atoms with Crippen LogP contribution >= 0.6 is 0 Å². The highest BCUT2D eigenvalue weighted by atomic mass is 16.4. The van der Waals surface area contributed by atoms with Gasteiger partial charge in [0.1, 0.15) is 17.9 Å². The molecule has 0 radical (unpaired) electrons. The Morgan fingerprint density at radius 1 is 1.27 bits per heavy atom. The number of benzene rings is 1. The number of phenols is 1. The van der Waals surface area contributed by atoms with Crippen molar-refractivity contribution in [1.82, 2.24) is 0 Å². The molecule has 1 saturated heterocycles. The Balaban J connectivity index is 2.05. The smallest absolute Gasteiger partial charge is 0.336 e. The lowest BCUT2D eigenvalue weighted by atomic mass is 10.0. The minimum Gasteiger partial charge on any atom is -0.508 e. The Labute approximate surface area is 130 Å². The fourth-order valence-corrected chi connectivity index (χ4v) is 3.50. The molecule has 0 spiro atoms. The first-order valence-corrected chi connectivity index (χ1v) is 8.21. The fourth-order valence-electron chi connectivity index (χ4n) is 3.50. The largest absolute Gasteiger partial charge is 0.508 e. The Hall–Kier alpha value is -1.81. The molecule has 118 valence electrons. The van der Waals surface area contributed by atoms with Crippen LogP contribution < -0.4 is 10.5 Å². The number of hydrogen-bond donors (Lipinski definition) is 2. The van der Waals surface area contributed by atoms with Crippen LogP contribution in [0.3, 0.4) is 0 Å². The van der Waals surface area contributed by atoms with Crippen molar-refractivity contribution in [1.29, 1.82) is 0 Å². The topological polar surface area (TPSA) is 54.9 Å². The van der Waals surface area contributed by atoms with Gasteiger partial charge >= 0.3 is 5.63 Å². The second kappa shape index (κ2) is 6.13. The standard InChI is InChI=1S/C18H23NO3/c1-3-13-8-15-14(11-19-7-5-4-6-12(19)2)9-18(21)22-17(15)10-16(13)20/h8-10,12,20H,3-7,11H2,1-2H3/p+1/t12-/m0/s1. The second-order valence-electron chi connectivity index (χ2n) is 6.40. The molecule has 4 nitrogen and oxygen atoms in total. The van der Waals surface area contributed by atoms with Crippen molar-refractivity contribution in [2.24, 2.45) is 0 Å². The highest BCUT2D eigenvalue weighted by molar-refractivity contribution is 5.82. The average molecular weight is 302 g/mol. The molecule has 0 aliphatic carbocycles. The summed E-state index contributed by atoms with van der Waals surface area (Å²) in [4.78, 5) is 13.4. The maximum absolute atomic E-state index is 11.8. The lowest BCUT2D eigenvalue weighted by Crippen LogP contribution is -3.14. The van der Waals surface area contributed by atoms with E-state index in [2.05, 4.69) is 6.92 Å². The van der Waals surface area contributed by atoms with E-state index in [9.17, 15) is 9.90 Å². The Kier molecular flexibility index (Phi) is 4.21. The molecule has 2 aromatic rings. The molecule has 1 fully saturated rings. The van der Waals surface area contributed by atoms with Crippen LogP contribution in [0.15, 0.2) is 27.4 Å². The van der Waals surface area contributed by atoms with Crippen LogP contribution in [0.25, 0.3) is 11.0 Å². The van der Waals surface area contributed by atoms with Crippen molar-refractivity contribution < 1.29 is 14.4 Å². The molecule has 1 aromatic carbocycles. The first kappa shape index (κ1) is 15.1. The predicted octanol–water partition coefficient (Wildman–Crippen LogP) is 2.02. The molecule has 2 N–H and O–H groups in total. The molecule has 4 heteroatoms. The van der Waals surface area contributed by atoms with Gasteiger partial charge in [0.15, 0.2) is 0 Å². The van der Waals surface area contributed by atoms with Gasteiger partial charge < -0.3 is 14.4 Å². The summed E-state index contributed by atoms with van der Waals surface area (Å²) < 4.78 is 5.27. The first-order chi connectivity index (χ1) is 10.6. The molecule has 0 bridgehead atoms. The van der Waals surface area contributed by atoms with E-state index in [0.29, 0.717) is 11.6 Å². The summed E-state index contributed by atoms with van der Waals surface area (Å²) in [5, 5.41) is 10.9. The lowest BCUT2D eigenvalue weighted by molar-refractivity contribution is -0.941. The molecule has 1 unspecified atom stereocenters. The van der Waals surface area contributed by atoms with Crippen LogP contribution in [-0.2, 0) is 13.0 Å². The molecule has 1 aliphatic heterocycles. The number of piperidine rings is 1. The molecular formula is C18H24NO3+. The van der Waals surface area contributed by atoms with Crippen LogP contribution in [0.5, 0.6) is 5.75 Å². The quantitative estimate of drug-likeness (QED) is 0.853. The summed E-state index contributed by atoms with van der Waals surface area (Å²) in [5.41, 5.74) is 2.07. The summed E-state index contributed by atoms with van der Waals surface area (Å²) in [6, 6.07) is 5.79. The van der Waals surface area contributed by atoms with Crippen LogP contribution in [0.4, 0.5) is 0 Å². The van der Waals surface area contributed by atoms with Crippen molar-refractivity contribution in [2.75, 3.05) is 6.54 Å². The summed E-state index contributed by atoms with van der Waals surface area (Å²) in [6.07, 6.45) is 4.55. The molecule has 1 aromatic heterocycles. The number of rotatable bonds is 3. The Bertz CT molecular complexity index is 735. The number of hydrogen-bond acceptors (Lipinski definition) is 3. The number of fused-ring (bicyclic) bond motifs is 1. The highest BCUT2D eigenvalue weighted by Gasteiger charge is 2.23. The van der Waals surface area contributed by atoms with Crippen LogP contribution in [-0.4, -0.2) is 17.7 Å². The minimum absolute atomic E-state index is 0.203. The maximum Gasteiger partial charge on any atom is 0.336 e. The van der Waals surface area contributed by atoms with Gasteiger partial charge in [-0.3, -0.25) is 0 Å². The van der Waals surface area contributed by atoms with Crippen molar-refractivity contribution in [3.8, 4) is 5.75 Å². The molecule has 3 rings (SSSR count). The van der Waals surface area contributed by atoms with Gasteiger partial charge in [0.05, 0.1) is 12.6 Å². The summed E-state index contributed by atoms with van der Waals surface area (Å²) in [5.74, 6) is 0.203. The van der Waals surface area contributed by atoms with Crippen molar-refractivity contribution in [3.63, 3.8) is 0 Å². The monoisotopic (exact) mass is 302 g/mol. The normalized spacial score (nSPS) is 22.1. The number of quaternary nitrogens is 1. The van der Waals surface area contributed by atoms with E-state index in [0.717, 1.165) is 36.0 Å². The van der Waals surface area contributed by atoms with Gasteiger partial charge in [-0.2, -0.15) is 0 Å². The highest BCUT2D eigenvalue weighted by Crippen LogP contribution is 2.26. The van der Waals surface area contributed by atoms with Gasteiger partial charge in [0.25, 0.3) is 0 Å². The maximum atomic E-state index is 11.8. The van der Waals surface area contributed by atoms with E-state index in [4.69, 9.17) is 4.42 Å². The summed E-state index contributed by atoms with van der Waals surface area (Å²) in [6.45, 7) is 6.29. The number of likely N-dealkylation sites (tertiary alicyclic amines) is 1. The third-order valence-corrected chi connectivity index (χ3v) is 4.91. The van der Waals surface area contributed by atoms with Crippen molar-refractivity contribution in [2.45, 2.75) is 52.1 Å². The fraction of sp³-hybridized carbons (Fsp3) is 0.500. The van der Waals surface area contributed by atoms with Crippen LogP contribution in [0.1, 0.15) is 44.2 Å².